The Hall–Kier alpha value is -4.49. The number of non-ortho nitro benzene ring substituents is 1. The number of fused-ring (bicyclic) bond motifs is 1. The second kappa shape index (κ2) is 13.4. The number of nitro benzene ring substituents is 1. The molecular formula is C32H33N3O9. The molecule has 0 spiro atoms. The molecule has 5 rings (SSSR count). The van der Waals surface area contributed by atoms with E-state index in [-0.39, 0.29) is 37.4 Å². The van der Waals surface area contributed by atoms with E-state index < -0.39 is 47.2 Å². The molecular weight excluding hydrogens is 570 g/mol. The van der Waals surface area contributed by atoms with E-state index in [9.17, 15) is 35.0 Å². The first-order valence-corrected chi connectivity index (χ1v) is 14.2. The van der Waals surface area contributed by atoms with E-state index in [4.69, 9.17) is 9.15 Å². The fourth-order valence-corrected chi connectivity index (χ4v) is 6.27. The molecule has 0 radical (unpaired) electrons. The van der Waals surface area contributed by atoms with Gasteiger partial charge < -0.3 is 24.5 Å². The molecule has 3 heterocycles. The summed E-state index contributed by atoms with van der Waals surface area (Å²) in [6.07, 6.45) is 3.02. The van der Waals surface area contributed by atoms with E-state index in [2.05, 4.69) is 4.98 Å². The SMILES string of the molecule is COCC1=C([C@H](O)CC/C(=C/c2ccc(CO)o2)c2ccccn2)[C@H](CO)[C@@H]2C(=O)N(c3cccc([N+](=O)[O-])c3)C(=O)[C@@H]2C1. The number of carbonyl (C=O) groups excluding carboxylic acids is 2. The number of nitrogens with zero attached hydrogens (tertiary/aromatic N) is 3. The van der Waals surface area contributed by atoms with Crippen molar-refractivity contribution in [3.05, 3.63) is 99.3 Å². The van der Waals surface area contributed by atoms with Crippen LogP contribution >= 0.6 is 0 Å². The quantitative estimate of drug-likeness (QED) is 0.120. The molecule has 1 aliphatic carbocycles. The molecule has 0 saturated carbocycles. The van der Waals surface area contributed by atoms with Gasteiger partial charge in [-0.3, -0.25) is 24.7 Å². The predicted molar refractivity (Wildman–Crippen MR) is 159 cm³/mol. The van der Waals surface area contributed by atoms with Crippen LogP contribution in [0.2, 0.25) is 0 Å². The Morgan fingerprint density at radius 3 is 2.66 bits per heavy atom. The molecule has 1 fully saturated rings. The number of carbonyl (C=O) groups is 2. The number of allylic oxidation sites excluding steroid dienone is 1. The minimum atomic E-state index is -1.09. The summed E-state index contributed by atoms with van der Waals surface area (Å²) in [6.45, 7) is -0.655. The summed E-state index contributed by atoms with van der Waals surface area (Å²) in [4.78, 5) is 43.5. The first-order chi connectivity index (χ1) is 21.3. The molecule has 230 valence electrons. The molecule has 1 aromatic carbocycles. The number of hydrogen-bond donors (Lipinski definition) is 3. The Morgan fingerprint density at radius 1 is 1.18 bits per heavy atom. The van der Waals surface area contributed by atoms with Crippen molar-refractivity contribution in [1.82, 2.24) is 4.98 Å². The number of amides is 2. The van der Waals surface area contributed by atoms with Gasteiger partial charge in [0.05, 0.1) is 47.5 Å². The fourth-order valence-electron chi connectivity index (χ4n) is 6.27. The number of rotatable bonds is 12. The van der Waals surface area contributed by atoms with Gasteiger partial charge in [-0.2, -0.15) is 0 Å². The lowest BCUT2D eigenvalue weighted by molar-refractivity contribution is -0.384. The molecule has 3 aromatic rings. The van der Waals surface area contributed by atoms with E-state index in [1.54, 1.807) is 30.5 Å². The maximum absolute atomic E-state index is 13.8. The smallest absolute Gasteiger partial charge is 0.271 e. The maximum atomic E-state index is 13.8. The number of aliphatic hydroxyl groups excluding tert-OH is 3. The largest absolute Gasteiger partial charge is 0.459 e. The number of ether oxygens (including phenoxy) is 1. The number of pyridine rings is 1. The van der Waals surface area contributed by atoms with Crippen LogP contribution in [0.15, 0.2) is 76.4 Å². The van der Waals surface area contributed by atoms with Crippen LogP contribution in [-0.4, -0.2) is 63.5 Å². The Morgan fingerprint density at radius 2 is 2.00 bits per heavy atom. The molecule has 12 nitrogen and oxygen atoms in total. The number of benzene rings is 1. The summed E-state index contributed by atoms with van der Waals surface area (Å²) in [5.41, 5.74) is 2.34. The van der Waals surface area contributed by atoms with Crippen molar-refractivity contribution in [3.63, 3.8) is 0 Å². The van der Waals surface area contributed by atoms with Gasteiger partial charge in [-0.1, -0.05) is 12.1 Å². The Bertz CT molecular complexity index is 1600. The van der Waals surface area contributed by atoms with Crippen LogP contribution in [0.5, 0.6) is 0 Å². The maximum Gasteiger partial charge on any atom is 0.271 e. The van der Waals surface area contributed by atoms with E-state index in [0.717, 1.165) is 10.5 Å². The second-order valence-corrected chi connectivity index (χ2v) is 10.8. The number of imide groups is 1. The van der Waals surface area contributed by atoms with Crippen molar-refractivity contribution in [2.24, 2.45) is 17.8 Å². The topological polar surface area (TPSA) is 176 Å². The van der Waals surface area contributed by atoms with Crippen LogP contribution < -0.4 is 4.90 Å². The van der Waals surface area contributed by atoms with Crippen molar-refractivity contribution >= 4 is 34.8 Å². The lowest BCUT2D eigenvalue weighted by atomic mass is 9.68. The molecule has 2 aromatic heterocycles. The Kier molecular flexibility index (Phi) is 9.45. The highest BCUT2D eigenvalue weighted by atomic mass is 16.6. The number of furan rings is 1. The second-order valence-electron chi connectivity index (χ2n) is 10.8. The van der Waals surface area contributed by atoms with Crippen molar-refractivity contribution < 1.29 is 39.0 Å². The highest BCUT2D eigenvalue weighted by Crippen LogP contribution is 2.47. The highest BCUT2D eigenvalue weighted by molar-refractivity contribution is 6.22. The van der Waals surface area contributed by atoms with E-state index in [0.29, 0.717) is 34.8 Å². The summed E-state index contributed by atoms with van der Waals surface area (Å²) in [7, 11) is 1.49. The molecule has 0 unspecified atom stereocenters. The summed E-state index contributed by atoms with van der Waals surface area (Å²) in [5, 5.41) is 42.9. The summed E-state index contributed by atoms with van der Waals surface area (Å²) in [6, 6.07) is 14.2. The van der Waals surface area contributed by atoms with Crippen LogP contribution in [0, 0.1) is 27.9 Å². The Labute approximate surface area is 253 Å². The van der Waals surface area contributed by atoms with Crippen molar-refractivity contribution in [2.45, 2.75) is 32.0 Å². The van der Waals surface area contributed by atoms with Crippen LogP contribution in [0.1, 0.15) is 36.5 Å². The standard InChI is InChI=1S/C32H33N3O9/c1-43-18-20-14-25-30(32(40)34(31(25)39)21-5-4-6-22(15-21)35(41)42)26(17-37)29(20)28(38)11-8-19(27-7-2-3-12-33-27)13-23-9-10-24(16-36)44-23/h2-7,9-10,12-13,15,25-26,28,30,36-38H,8,11,14,16-18H2,1H3/b19-13-/t25-,26+,28-,30-/m1/s1. The molecule has 2 aliphatic rings. The van der Waals surface area contributed by atoms with Gasteiger partial charge in [0.25, 0.3) is 5.69 Å². The molecule has 44 heavy (non-hydrogen) atoms. The van der Waals surface area contributed by atoms with Gasteiger partial charge in [0, 0.05) is 31.4 Å². The third kappa shape index (κ3) is 6.10. The van der Waals surface area contributed by atoms with Crippen molar-refractivity contribution in [3.8, 4) is 0 Å². The number of anilines is 1. The van der Waals surface area contributed by atoms with Gasteiger partial charge in [0.2, 0.25) is 11.8 Å². The molecule has 1 aliphatic heterocycles. The van der Waals surface area contributed by atoms with E-state index in [1.807, 2.05) is 12.1 Å². The zero-order valence-electron chi connectivity index (χ0n) is 24.0. The van der Waals surface area contributed by atoms with Gasteiger partial charge in [-0.15, -0.1) is 0 Å². The van der Waals surface area contributed by atoms with Crippen LogP contribution in [-0.2, 0) is 20.9 Å². The number of aliphatic hydroxyl groups is 3. The Balaban J connectivity index is 1.44. The molecule has 12 heteroatoms. The van der Waals surface area contributed by atoms with Crippen LogP contribution in [0.3, 0.4) is 0 Å². The average Bonchev–Trinajstić information content (AvgIpc) is 3.60. The molecule has 2 amide bonds. The van der Waals surface area contributed by atoms with Crippen LogP contribution in [0.4, 0.5) is 11.4 Å². The van der Waals surface area contributed by atoms with Gasteiger partial charge in [-0.05, 0) is 72.4 Å². The number of methoxy groups -OCH3 is 1. The lowest BCUT2D eigenvalue weighted by Gasteiger charge is -2.36. The third-order valence-electron chi connectivity index (χ3n) is 8.19. The molecule has 4 atom stereocenters. The predicted octanol–water partition coefficient (Wildman–Crippen LogP) is 3.52. The summed E-state index contributed by atoms with van der Waals surface area (Å²) in [5.74, 6) is -2.81. The molecule has 3 N–H and O–H groups in total. The summed E-state index contributed by atoms with van der Waals surface area (Å²) >= 11 is 0. The lowest BCUT2D eigenvalue weighted by Crippen LogP contribution is -2.39. The number of hydrogen-bond acceptors (Lipinski definition) is 10. The monoisotopic (exact) mass is 603 g/mol. The van der Waals surface area contributed by atoms with Gasteiger partial charge in [0.15, 0.2) is 0 Å². The van der Waals surface area contributed by atoms with Crippen molar-refractivity contribution in [2.75, 3.05) is 25.2 Å². The fraction of sp³-hybridized carbons (Fsp3) is 0.344. The van der Waals surface area contributed by atoms with Crippen molar-refractivity contribution in [1.29, 1.82) is 0 Å². The molecule has 0 bridgehead atoms. The molecule has 1 saturated heterocycles. The van der Waals surface area contributed by atoms with Crippen LogP contribution in [0.25, 0.3) is 11.6 Å². The minimum absolute atomic E-state index is 0.0862. The zero-order chi connectivity index (χ0) is 31.4. The van der Waals surface area contributed by atoms with E-state index >= 15 is 0 Å². The van der Waals surface area contributed by atoms with Gasteiger partial charge in [-0.25, -0.2) is 4.90 Å². The highest BCUT2D eigenvalue weighted by Gasteiger charge is 2.55. The van der Waals surface area contributed by atoms with Gasteiger partial charge in [0.1, 0.15) is 18.1 Å². The normalized spacial score (nSPS) is 21.1. The number of aromatic nitrogens is 1. The first kappa shape index (κ1) is 31.0. The first-order valence-electron chi connectivity index (χ1n) is 14.2. The minimum Gasteiger partial charge on any atom is -0.459 e. The average molecular weight is 604 g/mol. The summed E-state index contributed by atoms with van der Waals surface area (Å²) < 4.78 is 11.1. The zero-order valence-corrected chi connectivity index (χ0v) is 24.0. The van der Waals surface area contributed by atoms with E-state index in [1.165, 1.54) is 31.4 Å². The third-order valence-corrected chi connectivity index (χ3v) is 8.19. The number of nitro groups is 1. The van der Waals surface area contributed by atoms with Gasteiger partial charge >= 0.3 is 0 Å².